The number of aliphatic hydroxyl groups is 1. The zero-order chi connectivity index (χ0) is 14.7. The first-order chi connectivity index (χ1) is 9.58. The fraction of sp³-hybridized carbons (Fsp3) is 0.467. The summed E-state index contributed by atoms with van der Waals surface area (Å²) < 4.78 is 0. The van der Waals surface area contributed by atoms with Crippen molar-refractivity contribution in [3.63, 3.8) is 0 Å². The molecule has 108 valence electrons. The normalized spacial score (nSPS) is 20.8. The molecule has 0 aromatic heterocycles. The third kappa shape index (κ3) is 2.67. The minimum Gasteiger partial charge on any atom is -0.388 e. The largest absolute Gasteiger partial charge is 0.388 e. The molecule has 1 heterocycles. The SMILES string of the molecule is CCC1C(=O)NC(=O)CN1c1ccccc1[C@@H](O)CC. The number of rotatable bonds is 4. The summed E-state index contributed by atoms with van der Waals surface area (Å²) in [6.45, 7) is 3.94. The van der Waals surface area contributed by atoms with Crippen molar-refractivity contribution in [2.75, 3.05) is 11.4 Å². The molecule has 0 aliphatic carbocycles. The maximum absolute atomic E-state index is 11.9. The highest BCUT2D eigenvalue weighted by atomic mass is 16.3. The number of para-hydroxylation sites is 1. The predicted octanol–water partition coefficient (Wildman–Crippen LogP) is 1.37. The molecule has 1 aliphatic rings. The van der Waals surface area contributed by atoms with Gasteiger partial charge in [-0.1, -0.05) is 32.0 Å². The van der Waals surface area contributed by atoms with Gasteiger partial charge >= 0.3 is 0 Å². The predicted molar refractivity (Wildman–Crippen MR) is 76.3 cm³/mol. The van der Waals surface area contributed by atoms with Crippen molar-refractivity contribution < 1.29 is 14.7 Å². The quantitative estimate of drug-likeness (QED) is 0.815. The van der Waals surface area contributed by atoms with Crippen molar-refractivity contribution in [2.45, 2.75) is 38.8 Å². The number of nitrogens with one attached hydrogen (secondary N) is 1. The Morgan fingerprint density at radius 1 is 1.35 bits per heavy atom. The number of hydrogen-bond donors (Lipinski definition) is 2. The highest BCUT2D eigenvalue weighted by molar-refractivity contribution is 6.04. The van der Waals surface area contributed by atoms with Gasteiger partial charge in [-0.3, -0.25) is 14.9 Å². The van der Waals surface area contributed by atoms with Crippen LogP contribution in [0.2, 0.25) is 0 Å². The second kappa shape index (κ2) is 6.05. The molecular formula is C15H20N2O3. The Hall–Kier alpha value is -1.88. The maximum Gasteiger partial charge on any atom is 0.249 e. The highest BCUT2D eigenvalue weighted by Crippen LogP contribution is 2.30. The molecule has 2 rings (SSSR count). The van der Waals surface area contributed by atoms with E-state index < -0.39 is 6.10 Å². The van der Waals surface area contributed by atoms with E-state index in [0.717, 1.165) is 11.3 Å². The van der Waals surface area contributed by atoms with Gasteiger partial charge in [-0.25, -0.2) is 0 Å². The molecule has 5 heteroatoms. The number of hydrogen-bond acceptors (Lipinski definition) is 4. The summed E-state index contributed by atoms with van der Waals surface area (Å²) in [6, 6.07) is 7.02. The third-order valence-electron chi connectivity index (χ3n) is 3.63. The Kier molecular flexibility index (Phi) is 4.39. The molecule has 0 spiro atoms. The summed E-state index contributed by atoms with van der Waals surface area (Å²) in [5.41, 5.74) is 1.52. The second-order valence-electron chi connectivity index (χ2n) is 4.95. The molecule has 0 bridgehead atoms. The van der Waals surface area contributed by atoms with Gasteiger partial charge in [0, 0.05) is 11.3 Å². The van der Waals surface area contributed by atoms with E-state index in [9.17, 15) is 14.7 Å². The zero-order valence-corrected chi connectivity index (χ0v) is 11.8. The van der Waals surface area contributed by atoms with Crippen molar-refractivity contribution in [1.82, 2.24) is 5.32 Å². The van der Waals surface area contributed by atoms with E-state index >= 15 is 0 Å². The lowest BCUT2D eigenvalue weighted by atomic mass is 10.0. The Balaban J connectivity index is 2.42. The van der Waals surface area contributed by atoms with Crippen LogP contribution in [0.25, 0.3) is 0 Å². The van der Waals surface area contributed by atoms with Gasteiger partial charge in [0.05, 0.1) is 12.6 Å². The smallest absolute Gasteiger partial charge is 0.249 e. The summed E-state index contributed by atoms with van der Waals surface area (Å²) in [6.07, 6.45) is 0.598. The minimum atomic E-state index is -0.594. The molecule has 0 radical (unpaired) electrons. The summed E-state index contributed by atoms with van der Waals surface area (Å²) in [5, 5.41) is 12.5. The summed E-state index contributed by atoms with van der Waals surface area (Å²) >= 11 is 0. The minimum absolute atomic E-state index is 0.137. The summed E-state index contributed by atoms with van der Waals surface area (Å²) in [7, 11) is 0. The molecular weight excluding hydrogens is 256 g/mol. The van der Waals surface area contributed by atoms with Crippen LogP contribution in [0.15, 0.2) is 24.3 Å². The number of anilines is 1. The lowest BCUT2D eigenvalue weighted by Crippen LogP contribution is -2.58. The van der Waals surface area contributed by atoms with E-state index in [1.54, 1.807) is 4.90 Å². The van der Waals surface area contributed by atoms with Gasteiger partial charge in [0.25, 0.3) is 0 Å². The van der Waals surface area contributed by atoms with Gasteiger partial charge in [-0.05, 0) is 18.9 Å². The van der Waals surface area contributed by atoms with Gasteiger partial charge in [-0.15, -0.1) is 0 Å². The number of carbonyl (C=O) groups is 2. The van der Waals surface area contributed by atoms with Crippen molar-refractivity contribution in [3.8, 4) is 0 Å². The number of amides is 2. The van der Waals surface area contributed by atoms with Crippen LogP contribution in [0, 0.1) is 0 Å². The Morgan fingerprint density at radius 3 is 2.70 bits per heavy atom. The maximum atomic E-state index is 11.9. The first-order valence-corrected chi connectivity index (χ1v) is 6.95. The zero-order valence-electron chi connectivity index (χ0n) is 11.8. The summed E-state index contributed by atoms with van der Waals surface area (Å²) in [5.74, 6) is -0.579. The third-order valence-corrected chi connectivity index (χ3v) is 3.63. The molecule has 5 nitrogen and oxygen atoms in total. The molecule has 1 saturated heterocycles. The average Bonchev–Trinajstić information content (AvgIpc) is 2.45. The van der Waals surface area contributed by atoms with Gasteiger partial charge < -0.3 is 10.0 Å². The molecule has 2 amide bonds. The molecule has 2 atom stereocenters. The molecule has 1 aromatic rings. The number of imide groups is 1. The number of aliphatic hydroxyl groups excluding tert-OH is 1. The first kappa shape index (κ1) is 14.5. The highest BCUT2D eigenvalue weighted by Gasteiger charge is 2.33. The molecule has 0 saturated carbocycles. The van der Waals surface area contributed by atoms with E-state index in [4.69, 9.17) is 0 Å². The Morgan fingerprint density at radius 2 is 2.05 bits per heavy atom. The van der Waals surface area contributed by atoms with Crippen molar-refractivity contribution in [1.29, 1.82) is 0 Å². The summed E-state index contributed by atoms with van der Waals surface area (Å²) in [4.78, 5) is 25.4. The van der Waals surface area contributed by atoms with Crippen LogP contribution in [0.5, 0.6) is 0 Å². The first-order valence-electron chi connectivity index (χ1n) is 6.95. The number of benzene rings is 1. The molecule has 2 N–H and O–H groups in total. The van der Waals surface area contributed by atoms with E-state index in [2.05, 4.69) is 5.32 Å². The van der Waals surface area contributed by atoms with Gasteiger partial charge in [0.1, 0.15) is 6.04 Å². The number of carbonyl (C=O) groups excluding carboxylic acids is 2. The lowest BCUT2D eigenvalue weighted by molar-refractivity contribution is -0.132. The monoisotopic (exact) mass is 276 g/mol. The molecule has 1 fully saturated rings. The van der Waals surface area contributed by atoms with E-state index in [-0.39, 0.29) is 24.4 Å². The number of piperazine rings is 1. The van der Waals surface area contributed by atoms with E-state index in [0.29, 0.717) is 12.8 Å². The number of nitrogens with zero attached hydrogens (tertiary/aromatic N) is 1. The van der Waals surface area contributed by atoms with E-state index in [1.165, 1.54) is 0 Å². The fourth-order valence-electron chi connectivity index (χ4n) is 2.58. The molecule has 20 heavy (non-hydrogen) atoms. The van der Waals surface area contributed by atoms with Crippen molar-refractivity contribution >= 4 is 17.5 Å². The van der Waals surface area contributed by atoms with Crippen molar-refractivity contribution in [3.05, 3.63) is 29.8 Å². The van der Waals surface area contributed by atoms with Gasteiger partial charge in [0.15, 0.2) is 0 Å². The van der Waals surface area contributed by atoms with Crippen LogP contribution < -0.4 is 10.2 Å². The standard InChI is InChI=1S/C15H20N2O3/c1-3-11-15(20)16-14(19)9-17(11)12-8-6-5-7-10(12)13(18)4-2/h5-8,11,13,18H,3-4,9H2,1-2H3,(H,16,19,20)/t11?,13-/m0/s1. The van der Waals surface area contributed by atoms with Gasteiger partial charge in [-0.2, -0.15) is 0 Å². The van der Waals surface area contributed by atoms with E-state index in [1.807, 2.05) is 38.1 Å². The molecule has 1 aromatic carbocycles. The van der Waals surface area contributed by atoms with Crippen LogP contribution >= 0.6 is 0 Å². The van der Waals surface area contributed by atoms with Crippen LogP contribution in [0.4, 0.5) is 5.69 Å². The van der Waals surface area contributed by atoms with Crippen molar-refractivity contribution in [2.24, 2.45) is 0 Å². The van der Waals surface area contributed by atoms with Crippen LogP contribution in [0.3, 0.4) is 0 Å². The molecule has 1 unspecified atom stereocenters. The Bertz CT molecular complexity index is 516. The van der Waals surface area contributed by atoms with Gasteiger partial charge in [0.2, 0.25) is 11.8 Å². The topological polar surface area (TPSA) is 69.6 Å². The fourth-order valence-corrected chi connectivity index (χ4v) is 2.58. The lowest BCUT2D eigenvalue weighted by Gasteiger charge is -2.36. The van der Waals surface area contributed by atoms with Crippen LogP contribution in [0.1, 0.15) is 38.4 Å². The van der Waals surface area contributed by atoms with Crippen LogP contribution in [-0.4, -0.2) is 29.5 Å². The molecule has 1 aliphatic heterocycles. The van der Waals surface area contributed by atoms with Crippen LogP contribution in [-0.2, 0) is 9.59 Å². The average molecular weight is 276 g/mol. The second-order valence-corrected chi connectivity index (χ2v) is 4.95. The Labute approximate surface area is 118 Å².